The summed E-state index contributed by atoms with van der Waals surface area (Å²) in [4.78, 5) is 27.7. The van der Waals surface area contributed by atoms with E-state index in [-0.39, 0.29) is 18.1 Å². The van der Waals surface area contributed by atoms with Gasteiger partial charge in [-0.25, -0.2) is 4.39 Å². The number of anilines is 1. The lowest BCUT2D eigenvalue weighted by atomic mass is 9.77. The van der Waals surface area contributed by atoms with Crippen molar-refractivity contribution in [2.75, 3.05) is 4.90 Å². The van der Waals surface area contributed by atoms with Crippen molar-refractivity contribution in [1.82, 2.24) is 10.2 Å². The van der Waals surface area contributed by atoms with Crippen LogP contribution in [0.3, 0.4) is 0 Å². The van der Waals surface area contributed by atoms with Gasteiger partial charge in [-0.1, -0.05) is 71.1 Å². The zero-order chi connectivity index (χ0) is 22.9. The Morgan fingerprint density at radius 1 is 1.09 bits per heavy atom. The Labute approximate surface area is 203 Å². The fourth-order valence-corrected chi connectivity index (χ4v) is 6.51. The number of Topliss-reactive ketones (excluding diaryl/α,β-unsaturated/α-hetero) is 1. The molecule has 1 amide bonds. The Morgan fingerprint density at radius 3 is 2.70 bits per heavy atom. The number of hydrogen-bond acceptors (Lipinski definition) is 6. The van der Waals surface area contributed by atoms with Crippen molar-refractivity contribution in [2.45, 2.75) is 41.7 Å². The monoisotopic (exact) mass is 499 g/mol. The van der Waals surface area contributed by atoms with E-state index in [9.17, 15) is 14.0 Å². The van der Waals surface area contributed by atoms with E-state index in [0.717, 1.165) is 5.56 Å². The van der Waals surface area contributed by atoms with Gasteiger partial charge in [0, 0.05) is 40.8 Å². The second kappa shape index (κ2) is 9.37. The summed E-state index contributed by atoms with van der Waals surface area (Å²) in [5, 5.41) is 9.63. The average molecular weight is 500 g/mol. The normalized spacial score (nSPS) is 18.6. The quantitative estimate of drug-likeness (QED) is 0.311. The molecule has 1 aromatic heterocycles. The fourth-order valence-electron chi connectivity index (χ4n) is 4.34. The minimum absolute atomic E-state index is 0.0210. The molecule has 0 saturated carbocycles. The first-order chi connectivity index (χ1) is 16.0. The number of ketones is 1. The van der Waals surface area contributed by atoms with Crippen molar-refractivity contribution in [3.8, 4) is 0 Å². The predicted octanol–water partition coefficient (Wildman–Crippen LogP) is 6.15. The highest BCUT2D eigenvalue weighted by molar-refractivity contribution is 8.00. The number of rotatable bonds is 5. The number of carbonyl (C=O) groups excluding carboxylic acids is 2. The first-order valence-electron chi connectivity index (χ1n) is 10.6. The van der Waals surface area contributed by atoms with Crippen LogP contribution in [-0.2, 0) is 15.3 Å². The van der Waals surface area contributed by atoms with E-state index in [2.05, 4.69) is 10.2 Å². The van der Waals surface area contributed by atoms with Crippen LogP contribution in [0.2, 0.25) is 5.02 Å². The molecular formula is C24H19ClFN3O2S2. The highest BCUT2D eigenvalue weighted by Gasteiger charge is 2.41. The summed E-state index contributed by atoms with van der Waals surface area (Å²) < 4.78 is 15.3. The molecule has 1 aliphatic heterocycles. The maximum absolute atomic E-state index is 14.6. The Morgan fingerprint density at radius 2 is 1.88 bits per heavy atom. The standard InChI is InChI=1S/C24H19ClFN3O2S2/c25-17-8-3-1-6-14(17)13-32-24-28-27-23(33-24)29-19-10-5-11-20(30)22(19)16(12-21(29)31)15-7-2-4-9-18(15)26/h1-4,6-9,16H,5,10-13H2/t16-/m0/s1. The van der Waals surface area contributed by atoms with Gasteiger partial charge >= 0.3 is 0 Å². The summed E-state index contributed by atoms with van der Waals surface area (Å²) in [6.45, 7) is 0. The van der Waals surface area contributed by atoms with Gasteiger partial charge in [-0.05, 0) is 36.1 Å². The van der Waals surface area contributed by atoms with Gasteiger partial charge in [0.25, 0.3) is 0 Å². The molecule has 0 fully saturated rings. The SMILES string of the molecule is O=C1CCCC2=C1[C@H](c1ccccc1F)CC(=O)N2c1nnc(SCc2ccccc2Cl)s1. The number of hydrogen-bond donors (Lipinski definition) is 0. The summed E-state index contributed by atoms with van der Waals surface area (Å²) in [6, 6.07) is 14.0. The minimum Gasteiger partial charge on any atom is -0.294 e. The molecule has 5 nitrogen and oxygen atoms in total. The molecule has 5 rings (SSSR count). The number of allylic oxidation sites excluding steroid dienone is 2. The molecular weight excluding hydrogens is 481 g/mol. The second-order valence-corrected chi connectivity index (χ2v) is 10.5. The van der Waals surface area contributed by atoms with Crippen LogP contribution in [0.25, 0.3) is 0 Å². The van der Waals surface area contributed by atoms with Crippen molar-refractivity contribution >= 4 is 51.5 Å². The first-order valence-corrected chi connectivity index (χ1v) is 12.7. The molecule has 0 radical (unpaired) electrons. The molecule has 1 aliphatic carbocycles. The second-order valence-electron chi connectivity index (χ2n) is 7.88. The third-order valence-corrected chi connectivity index (χ3v) is 8.31. The number of aromatic nitrogens is 2. The zero-order valence-electron chi connectivity index (χ0n) is 17.5. The number of nitrogens with zero attached hydrogens (tertiary/aromatic N) is 3. The maximum atomic E-state index is 14.6. The van der Waals surface area contributed by atoms with E-state index in [0.29, 0.717) is 56.3 Å². The molecule has 9 heteroatoms. The van der Waals surface area contributed by atoms with Gasteiger partial charge in [0.15, 0.2) is 10.1 Å². The lowest BCUT2D eigenvalue weighted by Crippen LogP contribution is -2.40. The lowest BCUT2D eigenvalue weighted by Gasteiger charge is -2.36. The Kier molecular flexibility index (Phi) is 6.32. The molecule has 0 saturated heterocycles. The lowest BCUT2D eigenvalue weighted by molar-refractivity contribution is -0.119. The number of amides is 1. The molecule has 33 heavy (non-hydrogen) atoms. The van der Waals surface area contributed by atoms with Gasteiger partial charge in [-0.2, -0.15) is 0 Å². The summed E-state index contributed by atoms with van der Waals surface area (Å²) in [6.07, 6.45) is 1.64. The Bertz CT molecular complexity index is 1280. The number of halogens is 2. The van der Waals surface area contributed by atoms with Crippen LogP contribution in [0, 0.1) is 5.82 Å². The highest BCUT2D eigenvalue weighted by Crippen LogP contribution is 2.45. The molecule has 2 heterocycles. The van der Waals surface area contributed by atoms with Crippen molar-refractivity contribution in [3.05, 3.63) is 81.8 Å². The molecule has 0 spiro atoms. The van der Waals surface area contributed by atoms with Crippen LogP contribution >= 0.6 is 34.7 Å². The van der Waals surface area contributed by atoms with E-state index < -0.39 is 11.7 Å². The minimum atomic E-state index is -0.570. The molecule has 0 bridgehead atoms. The number of carbonyl (C=O) groups is 2. The third-order valence-electron chi connectivity index (χ3n) is 5.85. The van der Waals surface area contributed by atoms with Gasteiger partial charge < -0.3 is 0 Å². The fraction of sp³-hybridized carbons (Fsp3) is 0.250. The Balaban J connectivity index is 1.46. The zero-order valence-corrected chi connectivity index (χ0v) is 19.9. The smallest absolute Gasteiger partial charge is 0.234 e. The molecule has 3 aromatic rings. The predicted molar refractivity (Wildman–Crippen MR) is 128 cm³/mol. The van der Waals surface area contributed by atoms with Crippen LogP contribution < -0.4 is 4.90 Å². The van der Waals surface area contributed by atoms with Crippen molar-refractivity contribution in [3.63, 3.8) is 0 Å². The molecule has 0 N–H and O–H groups in total. The van der Waals surface area contributed by atoms with Gasteiger partial charge in [0.05, 0.1) is 0 Å². The molecule has 1 atom stereocenters. The van der Waals surface area contributed by atoms with Crippen molar-refractivity contribution in [2.24, 2.45) is 0 Å². The van der Waals surface area contributed by atoms with Crippen LogP contribution in [0.15, 0.2) is 64.1 Å². The third kappa shape index (κ3) is 4.35. The highest BCUT2D eigenvalue weighted by atomic mass is 35.5. The topological polar surface area (TPSA) is 63.2 Å². The maximum Gasteiger partial charge on any atom is 0.234 e. The van der Waals surface area contributed by atoms with E-state index >= 15 is 0 Å². The van der Waals surface area contributed by atoms with Gasteiger partial charge in [-0.15, -0.1) is 10.2 Å². The number of benzene rings is 2. The van der Waals surface area contributed by atoms with Crippen molar-refractivity contribution in [1.29, 1.82) is 0 Å². The average Bonchev–Trinajstić information content (AvgIpc) is 3.27. The van der Waals surface area contributed by atoms with Crippen LogP contribution in [0.1, 0.15) is 42.7 Å². The molecule has 0 unspecified atom stereocenters. The summed E-state index contributed by atoms with van der Waals surface area (Å²) in [5.41, 5.74) is 2.55. The molecule has 168 valence electrons. The van der Waals surface area contributed by atoms with Crippen LogP contribution in [0.5, 0.6) is 0 Å². The van der Waals surface area contributed by atoms with E-state index in [4.69, 9.17) is 11.6 Å². The van der Waals surface area contributed by atoms with Crippen molar-refractivity contribution < 1.29 is 14.0 Å². The summed E-state index contributed by atoms with van der Waals surface area (Å²) in [7, 11) is 0. The van der Waals surface area contributed by atoms with Crippen LogP contribution in [0.4, 0.5) is 9.52 Å². The van der Waals surface area contributed by atoms with Gasteiger partial charge in [0.2, 0.25) is 11.0 Å². The Hall–Kier alpha value is -2.55. The van der Waals surface area contributed by atoms with Gasteiger partial charge in [-0.3, -0.25) is 14.5 Å². The van der Waals surface area contributed by atoms with Crippen LogP contribution in [-0.4, -0.2) is 21.9 Å². The first kappa shape index (κ1) is 22.3. The molecule has 2 aromatic carbocycles. The molecule has 2 aliphatic rings. The number of thioether (sulfide) groups is 1. The largest absolute Gasteiger partial charge is 0.294 e. The van der Waals surface area contributed by atoms with E-state index in [1.165, 1.54) is 34.1 Å². The summed E-state index contributed by atoms with van der Waals surface area (Å²) >= 11 is 9.04. The van der Waals surface area contributed by atoms with E-state index in [1.807, 2.05) is 24.3 Å². The van der Waals surface area contributed by atoms with E-state index in [1.54, 1.807) is 18.2 Å². The summed E-state index contributed by atoms with van der Waals surface area (Å²) in [5.74, 6) is -0.567. The van der Waals surface area contributed by atoms with Gasteiger partial charge in [0.1, 0.15) is 5.82 Å².